The van der Waals surface area contributed by atoms with E-state index >= 15 is 0 Å². The van der Waals surface area contributed by atoms with E-state index in [1.54, 1.807) is 7.05 Å². The molecule has 1 fully saturated rings. The summed E-state index contributed by atoms with van der Waals surface area (Å²) in [6.45, 7) is 2.11. The molecule has 1 amide bonds. The molecular formula is C16H21FN2O3. The summed E-state index contributed by atoms with van der Waals surface area (Å²) in [5.41, 5.74) is 0.472. The van der Waals surface area contributed by atoms with Crippen molar-refractivity contribution in [2.24, 2.45) is 5.92 Å². The smallest absolute Gasteiger partial charge is 0.335 e. The number of rotatable bonds is 5. The highest BCUT2D eigenvalue weighted by Crippen LogP contribution is 2.22. The summed E-state index contributed by atoms with van der Waals surface area (Å²) in [5.74, 6) is -1.16. The Bertz CT molecular complexity index is 554. The maximum atomic E-state index is 13.9. The zero-order valence-corrected chi connectivity index (χ0v) is 12.6. The molecule has 1 heterocycles. The average Bonchev–Trinajstić information content (AvgIpc) is 2.50. The van der Waals surface area contributed by atoms with Crippen molar-refractivity contribution >= 4 is 11.9 Å². The van der Waals surface area contributed by atoms with Gasteiger partial charge in [0, 0.05) is 25.6 Å². The zero-order valence-electron chi connectivity index (χ0n) is 12.6. The predicted molar refractivity (Wildman–Crippen MR) is 80.0 cm³/mol. The van der Waals surface area contributed by atoms with E-state index < -0.39 is 11.8 Å². The Kier molecular flexibility index (Phi) is 5.49. The van der Waals surface area contributed by atoms with Crippen LogP contribution in [0.1, 0.15) is 35.2 Å². The van der Waals surface area contributed by atoms with Crippen LogP contribution in [0.3, 0.4) is 0 Å². The standard InChI is InChI=1S/C16H21FN2O3/c1-18-15(20)8-11-4-6-19(7-5-11)10-13-3-2-12(16(21)22)9-14(13)17/h2-3,9,11H,4-8,10H2,1H3,(H,18,20)(H,21,22). The van der Waals surface area contributed by atoms with Gasteiger partial charge < -0.3 is 10.4 Å². The number of halogens is 1. The molecule has 22 heavy (non-hydrogen) atoms. The number of nitrogens with one attached hydrogen (secondary N) is 1. The molecule has 1 saturated heterocycles. The number of likely N-dealkylation sites (tertiary alicyclic amines) is 1. The zero-order chi connectivity index (χ0) is 16.1. The number of carbonyl (C=O) groups excluding carboxylic acids is 1. The van der Waals surface area contributed by atoms with Gasteiger partial charge in [-0.3, -0.25) is 9.69 Å². The molecule has 0 spiro atoms. The van der Waals surface area contributed by atoms with E-state index in [9.17, 15) is 14.0 Å². The number of piperidine rings is 1. The second-order valence-corrected chi connectivity index (χ2v) is 5.71. The van der Waals surface area contributed by atoms with E-state index in [0.29, 0.717) is 24.4 Å². The second-order valence-electron chi connectivity index (χ2n) is 5.71. The lowest BCUT2D eigenvalue weighted by Crippen LogP contribution is -2.35. The Balaban J connectivity index is 1.88. The monoisotopic (exact) mass is 308 g/mol. The fourth-order valence-corrected chi connectivity index (χ4v) is 2.76. The van der Waals surface area contributed by atoms with Crippen LogP contribution in [0.4, 0.5) is 4.39 Å². The summed E-state index contributed by atoms with van der Waals surface area (Å²) >= 11 is 0. The Morgan fingerprint density at radius 2 is 2.05 bits per heavy atom. The molecule has 2 rings (SSSR count). The third-order valence-electron chi connectivity index (χ3n) is 4.15. The van der Waals surface area contributed by atoms with Crippen molar-refractivity contribution in [2.45, 2.75) is 25.8 Å². The first-order valence-corrected chi connectivity index (χ1v) is 7.44. The topological polar surface area (TPSA) is 69.6 Å². The predicted octanol–water partition coefficient (Wildman–Crippen LogP) is 1.87. The van der Waals surface area contributed by atoms with Crippen molar-refractivity contribution in [3.05, 3.63) is 35.1 Å². The van der Waals surface area contributed by atoms with Gasteiger partial charge in [-0.05, 0) is 44.0 Å². The van der Waals surface area contributed by atoms with Crippen molar-refractivity contribution in [1.29, 1.82) is 0 Å². The quantitative estimate of drug-likeness (QED) is 0.871. The van der Waals surface area contributed by atoms with Gasteiger partial charge in [0.15, 0.2) is 0 Å². The minimum atomic E-state index is -1.12. The third-order valence-corrected chi connectivity index (χ3v) is 4.15. The molecule has 1 aromatic rings. The van der Waals surface area contributed by atoms with Crippen molar-refractivity contribution < 1.29 is 19.1 Å². The molecule has 1 aliphatic rings. The van der Waals surface area contributed by atoms with Gasteiger partial charge in [0.1, 0.15) is 5.82 Å². The maximum absolute atomic E-state index is 13.9. The molecule has 6 heteroatoms. The van der Waals surface area contributed by atoms with Crippen LogP contribution in [0, 0.1) is 11.7 Å². The van der Waals surface area contributed by atoms with Gasteiger partial charge in [-0.2, -0.15) is 0 Å². The lowest BCUT2D eigenvalue weighted by molar-refractivity contribution is -0.121. The summed E-state index contributed by atoms with van der Waals surface area (Å²) in [7, 11) is 1.64. The fourth-order valence-electron chi connectivity index (χ4n) is 2.76. The molecule has 1 aliphatic heterocycles. The minimum Gasteiger partial charge on any atom is -0.478 e. The fraction of sp³-hybridized carbons (Fsp3) is 0.500. The first-order valence-electron chi connectivity index (χ1n) is 7.44. The highest BCUT2D eigenvalue weighted by Gasteiger charge is 2.22. The Morgan fingerprint density at radius 1 is 1.36 bits per heavy atom. The molecule has 0 radical (unpaired) electrons. The number of carbonyl (C=O) groups is 2. The van der Waals surface area contributed by atoms with Crippen LogP contribution in [0.25, 0.3) is 0 Å². The maximum Gasteiger partial charge on any atom is 0.335 e. The summed E-state index contributed by atoms with van der Waals surface area (Å²) in [6, 6.07) is 4.03. The van der Waals surface area contributed by atoms with Crippen LogP contribution in [0.15, 0.2) is 18.2 Å². The van der Waals surface area contributed by atoms with Crippen molar-refractivity contribution in [3.8, 4) is 0 Å². The van der Waals surface area contributed by atoms with E-state index in [1.807, 2.05) is 0 Å². The van der Waals surface area contributed by atoms with E-state index in [4.69, 9.17) is 5.11 Å². The lowest BCUT2D eigenvalue weighted by atomic mass is 9.93. The number of carboxylic acid groups (broad SMARTS) is 1. The van der Waals surface area contributed by atoms with Gasteiger partial charge in [-0.1, -0.05) is 6.07 Å². The minimum absolute atomic E-state index is 0.0365. The molecule has 5 nitrogen and oxygen atoms in total. The lowest BCUT2D eigenvalue weighted by Gasteiger charge is -2.31. The Labute approximate surface area is 129 Å². The summed E-state index contributed by atoms with van der Waals surface area (Å²) in [6.07, 6.45) is 2.39. The molecule has 1 aromatic carbocycles. The second kappa shape index (κ2) is 7.35. The molecule has 0 aromatic heterocycles. The normalized spacial score (nSPS) is 16.5. The molecule has 120 valence electrons. The summed E-state index contributed by atoms with van der Waals surface area (Å²) in [5, 5.41) is 11.5. The highest BCUT2D eigenvalue weighted by atomic mass is 19.1. The van der Waals surface area contributed by atoms with Crippen LogP contribution >= 0.6 is 0 Å². The van der Waals surface area contributed by atoms with E-state index in [-0.39, 0.29) is 11.5 Å². The molecule has 2 N–H and O–H groups in total. The number of aromatic carboxylic acids is 1. The third kappa shape index (κ3) is 4.27. The largest absolute Gasteiger partial charge is 0.478 e. The first kappa shape index (κ1) is 16.4. The van der Waals surface area contributed by atoms with Gasteiger partial charge in [-0.15, -0.1) is 0 Å². The van der Waals surface area contributed by atoms with Crippen LogP contribution in [-0.4, -0.2) is 42.0 Å². The molecular weight excluding hydrogens is 287 g/mol. The first-order chi connectivity index (χ1) is 10.5. The van der Waals surface area contributed by atoms with Gasteiger partial charge >= 0.3 is 5.97 Å². The average molecular weight is 308 g/mol. The van der Waals surface area contributed by atoms with Crippen molar-refractivity contribution in [1.82, 2.24) is 10.2 Å². The summed E-state index contributed by atoms with van der Waals surface area (Å²) in [4.78, 5) is 24.3. The van der Waals surface area contributed by atoms with E-state index in [2.05, 4.69) is 10.2 Å². The molecule has 0 bridgehead atoms. The Morgan fingerprint density at radius 3 is 2.59 bits per heavy atom. The highest BCUT2D eigenvalue weighted by molar-refractivity contribution is 5.87. The summed E-state index contributed by atoms with van der Waals surface area (Å²) < 4.78 is 13.9. The molecule has 0 aliphatic carbocycles. The van der Waals surface area contributed by atoms with E-state index in [0.717, 1.165) is 32.0 Å². The number of amides is 1. The van der Waals surface area contributed by atoms with Crippen molar-refractivity contribution in [3.63, 3.8) is 0 Å². The number of nitrogens with zero attached hydrogens (tertiary/aromatic N) is 1. The van der Waals surface area contributed by atoms with Crippen molar-refractivity contribution in [2.75, 3.05) is 20.1 Å². The van der Waals surface area contributed by atoms with Crippen LogP contribution in [-0.2, 0) is 11.3 Å². The molecule has 0 saturated carbocycles. The van der Waals surface area contributed by atoms with E-state index in [1.165, 1.54) is 12.1 Å². The van der Waals surface area contributed by atoms with Gasteiger partial charge in [0.2, 0.25) is 5.91 Å². The Hall–Kier alpha value is -1.95. The number of benzene rings is 1. The number of hydrogen-bond donors (Lipinski definition) is 2. The molecule has 0 unspecified atom stereocenters. The van der Waals surface area contributed by atoms with Crippen LogP contribution in [0.2, 0.25) is 0 Å². The van der Waals surface area contributed by atoms with Gasteiger partial charge in [0.05, 0.1) is 5.56 Å². The van der Waals surface area contributed by atoms with Crippen LogP contribution in [0.5, 0.6) is 0 Å². The van der Waals surface area contributed by atoms with Gasteiger partial charge in [0.25, 0.3) is 0 Å². The van der Waals surface area contributed by atoms with Gasteiger partial charge in [-0.25, -0.2) is 9.18 Å². The number of carboxylic acids is 1. The SMILES string of the molecule is CNC(=O)CC1CCN(Cc2ccc(C(=O)O)cc2F)CC1. The number of hydrogen-bond acceptors (Lipinski definition) is 3. The van der Waals surface area contributed by atoms with Crippen LogP contribution < -0.4 is 5.32 Å². The molecule has 0 atom stereocenters.